The largest absolute Gasteiger partial charge is 0.444 e. The predicted octanol–water partition coefficient (Wildman–Crippen LogP) is 5.53. The molecule has 5 heterocycles. The van der Waals surface area contributed by atoms with E-state index in [2.05, 4.69) is 5.32 Å². The molecule has 0 radical (unpaired) electrons. The number of aryl methyl sites for hydroxylation is 1. The number of imidazole rings is 1. The van der Waals surface area contributed by atoms with Crippen molar-refractivity contribution in [2.24, 2.45) is 5.92 Å². The van der Waals surface area contributed by atoms with E-state index in [-0.39, 0.29) is 19.0 Å². The molecule has 2 N–H and O–H groups in total. The van der Waals surface area contributed by atoms with E-state index in [1.807, 2.05) is 83.5 Å². The molecule has 2 atom stereocenters. The number of likely N-dealkylation sites (tertiary alicyclic amines) is 1. The molecule has 1 saturated heterocycles. The van der Waals surface area contributed by atoms with Crippen molar-refractivity contribution < 1.29 is 24.2 Å². The van der Waals surface area contributed by atoms with Gasteiger partial charge in [-0.2, -0.15) is 9.61 Å². The molecular formula is C34H46N8O5. The van der Waals surface area contributed by atoms with Crippen molar-refractivity contribution in [1.29, 1.82) is 0 Å². The highest BCUT2D eigenvalue weighted by Crippen LogP contribution is 2.42. The number of carbonyl (C=O) groups excluding carboxylic acids is 2. The Hall–Kier alpha value is -4.39. The third-order valence-corrected chi connectivity index (χ3v) is 8.37. The minimum atomic E-state index is -0.735. The van der Waals surface area contributed by atoms with Gasteiger partial charge < -0.3 is 29.2 Å². The SMILES string of the molecule is Cc1cccc2nc(CN(C(=O)OC(C)(C)C)c3cc(NC[C@H]4CCN(C(=O)OC(C)(C)C)C[C@@H]4O)nc4c(C5CC5)cnn34)cn12. The van der Waals surface area contributed by atoms with Gasteiger partial charge in [0.2, 0.25) is 0 Å². The minimum Gasteiger partial charge on any atom is -0.444 e. The number of hydrogen-bond donors (Lipinski definition) is 2. The van der Waals surface area contributed by atoms with Gasteiger partial charge in [0.1, 0.15) is 28.5 Å². The van der Waals surface area contributed by atoms with Gasteiger partial charge in [0, 0.05) is 42.5 Å². The van der Waals surface area contributed by atoms with E-state index in [4.69, 9.17) is 24.5 Å². The van der Waals surface area contributed by atoms with Gasteiger partial charge in [0.25, 0.3) is 0 Å². The number of rotatable bonds is 7. The molecule has 2 amide bonds. The number of piperidine rings is 1. The van der Waals surface area contributed by atoms with Crippen molar-refractivity contribution in [2.75, 3.05) is 29.9 Å². The third-order valence-electron chi connectivity index (χ3n) is 8.37. The van der Waals surface area contributed by atoms with Crippen LogP contribution in [0.1, 0.15) is 83.7 Å². The van der Waals surface area contributed by atoms with Crippen LogP contribution in [0, 0.1) is 12.8 Å². The molecule has 252 valence electrons. The first-order valence-electron chi connectivity index (χ1n) is 16.4. The molecule has 0 unspecified atom stereocenters. The number of aliphatic hydroxyl groups is 1. The summed E-state index contributed by atoms with van der Waals surface area (Å²) in [5.41, 5.74) is 2.89. The molecule has 4 aromatic rings. The quantitative estimate of drug-likeness (QED) is 0.265. The average Bonchev–Trinajstić information content (AvgIpc) is 3.58. The first-order chi connectivity index (χ1) is 22.1. The number of nitrogens with zero attached hydrogens (tertiary/aromatic N) is 7. The molecule has 1 aliphatic carbocycles. The average molecular weight is 647 g/mol. The van der Waals surface area contributed by atoms with E-state index in [0.29, 0.717) is 48.4 Å². The summed E-state index contributed by atoms with van der Waals surface area (Å²) in [7, 11) is 0. The summed E-state index contributed by atoms with van der Waals surface area (Å²) < 4.78 is 15.1. The lowest BCUT2D eigenvalue weighted by atomic mass is 9.94. The fourth-order valence-corrected chi connectivity index (χ4v) is 5.87. The molecule has 1 saturated carbocycles. The standard InChI is InChI=1S/C34H46N8O5/c1-21-9-8-10-28-37-24(18-40(21)28)19-41(32(45)47-34(5,6)7)29-15-27(38-30-25(22-11-12-22)17-36-42(29)30)35-16-23-13-14-39(20-26(23)43)31(44)46-33(2,3)4/h8-10,15,17-18,22-23,26,43H,11-14,16,19-20H2,1-7H3,(H,35,38)/t23-,26+/m1/s1. The van der Waals surface area contributed by atoms with Gasteiger partial charge in [0.15, 0.2) is 5.65 Å². The zero-order valence-corrected chi connectivity index (χ0v) is 28.4. The predicted molar refractivity (Wildman–Crippen MR) is 178 cm³/mol. The second-order valence-electron chi connectivity index (χ2n) is 14.7. The summed E-state index contributed by atoms with van der Waals surface area (Å²) in [6, 6.07) is 7.70. The number of carbonyl (C=O) groups is 2. The monoisotopic (exact) mass is 646 g/mol. The highest BCUT2D eigenvalue weighted by Gasteiger charge is 2.34. The maximum absolute atomic E-state index is 13.9. The van der Waals surface area contributed by atoms with Crippen molar-refractivity contribution in [3.63, 3.8) is 0 Å². The Kier molecular flexibility index (Phi) is 8.54. The number of amides is 2. The number of ether oxygens (including phenoxy) is 2. The van der Waals surface area contributed by atoms with Crippen LogP contribution in [-0.4, -0.2) is 83.1 Å². The molecular weight excluding hydrogens is 600 g/mol. The van der Waals surface area contributed by atoms with Crippen LogP contribution < -0.4 is 10.2 Å². The minimum absolute atomic E-state index is 0.119. The first-order valence-corrected chi connectivity index (χ1v) is 16.4. The molecule has 0 bridgehead atoms. The molecule has 47 heavy (non-hydrogen) atoms. The Labute approximate surface area is 274 Å². The molecule has 6 rings (SSSR count). The van der Waals surface area contributed by atoms with Crippen LogP contribution in [0.3, 0.4) is 0 Å². The fraction of sp³-hybridized carbons (Fsp3) is 0.559. The maximum Gasteiger partial charge on any atom is 0.416 e. The van der Waals surface area contributed by atoms with E-state index in [1.54, 1.807) is 20.4 Å². The second-order valence-corrected chi connectivity index (χ2v) is 14.7. The highest BCUT2D eigenvalue weighted by molar-refractivity contribution is 5.88. The van der Waals surface area contributed by atoms with Gasteiger partial charge in [-0.1, -0.05) is 6.07 Å². The molecule has 2 fully saturated rings. The van der Waals surface area contributed by atoms with Crippen LogP contribution in [0.15, 0.2) is 36.7 Å². The van der Waals surface area contributed by atoms with Crippen molar-refractivity contribution in [3.8, 4) is 0 Å². The van der Waals surface area contributed by atoms with E-state index >= 15 is 0 Å². The second kappa shape index (κ2) is 12.3. The lowest BCUT2D eigenvalue weighted by Gasteiger charge is -2.36. The van der Waals surface area contributed by atoms with Crippen LogP contribution in [-0.2, 0) is 16.0 Å². The Morgan fingerprint density at radius 1 is 1.06 bits per heavy atom. The molecule has 4 aromatic heterocycles. The lowest BCUT2D eigenvalue weighted by Crippen LogP contribution is -2.49. The molecule has 2 aliphatic rings. The van der Waals surface area contributed by atoms with Crippen LogP contribution in [0.2, 0.25) is 0 Å². The number of aromatic nitrogens is 5. The number of hydrogen-bond acceptors (Lipinski definition) is 9. The van der Waals surface area contributed by atoms with Gasteiger partial charge in [-0.3, -0.25) is 4.90 Å². The van der Waals surface area contributed by atoms with Crippen LogP contribution in [0.5, 0.6) is 0 Å². The third kappa shape index (κ3) is 7.45. The van der Waals surface area contributed by atoms with Crippen molar-refractivity contribution in [2.45, 2.75) is 97.5 Å². The van der Waals surface area contributed by atoms with E-state index < -0.39 is 29.5 Å². The summed E-state index contributed by atoms with van der Waals surface area (Å²) in [4.78, 5) is 39.3. The number of fused-ring (bicyclic) bond motifs is 2. The smallest absolute Gasteiger partial charge is 0.416 e. The van der Waals surface area contributed by atoms with E-state index in [9.17, 15) is 14.7 Å². The lowest BCUT2D eigenvalue weighted by molar-refractivity contribution is -0.0104. The number of nitrogens with one attached hydrogen (secondary N) is 1. The summed E-state index contributed by atoms with van der Waals surface area (Å²) in [5.74, 6) is 1.30. The fourth-order valence-electron chi connectivity index (χ4n) is 5.87. The zero-order valence-electron chi connectivity index (χ0n) is 28.4. The maximum atomic E-state index is 13.9. The topological polar surface area (TPSA) is 139 Å². The summed E-state index contributed by atoms with van der Waals surface area (Å²) in [6.07, 6.45) is 4.81. The summed E-state index contributed by atoms with van der Waals surface area (Å²) in [5, 5.41) is 19.1. The molecule has 0 aromatic carbocycles. The van der Waals surface area contributed by atoms with E-state index in [1.165, 1.54) is 0 Å². The van der Waals surface area contributed by atoms with Crippen molar-refractivity contribution >= 4 is 35.1 Å². The van der Waals surface area contributed by atoms with Crippen molar-refractivity contribution in [3.05, 3.63) is 53.6 Å². The highest BCUT2D eigenvalue weighted by atomic mass is 16.6. The van der Waals surface area contributed by atoms with Gasteiger partial charge in [-0.25, -0.2) is 19.6 Å². The van der Waals surface area contributed by atoms with E-state index in [0.717, 1.165) is 29.7 Å². The van der Waals surface area contributed by atoms with Gasteiger partial charge in [-0.05, 0) is 85.8 Å². The number of aliphatic hydroxyl groups excluding tert-OH is 1. The Bertz CT molecular complexity index is 1780. The zero-order chi connectivity index (χ0) is 33.7. The molecule has 13 heteroatoms. The van der Waals surface area contributed by atoms with Crippen LogP contribution in [0.25, 0.3) is 11.3 Å². The number of β-amino-alcohol motifs (C(OH)–C–C–N with tert-alkyl or cyclic N) is 1. The van der Waals surface area contributed by atoms with Gasteiger partial charge >= 0.3 is 12.2 Å². The molecule has 1 aliphatic heterocycles. The Balaban J connectivity index is 1.30. The summed E-state index contributed by atoms with van der Waals surface area (Å²) >= 11 is 0. The van der Waals surface area contributed by atoms with Crippen molar-refractivity contribution in [1.82, 2.24) is 28.9 Å². The molecule has 0 spiro atoms. The van der Waals surface area contributed by atoms with Crippen LogP contribution in [0.4, 0.5) is 21.2 Å². The Morgan fingerprint density at radius 2 is 1.81 bits per heavy atom. The number of anilines is 2. The van der Waals surface area contributed by atoms with Gasteiger partial charge in [0.05, 0.1) is 31.1 Å². The normalized spacial score (nSPS) is 18.9. The Morgan fingerprint density at radius 3 is 2.47 bits per heavy atom. The van der Waals surface area contributed by atoms with Crippen LogP contribution >= 0.6 is 0 Å². The molecule has 13 nitrogen and oxygen atoms in total. The number of pyridine rings is 1. The summed E-state index contributed by atoms with van der Waals surface area (Å²) in [6.45, 7) is 14.3. The first kappa shape index (κ1) is 32.5. The van der Waals surface area contributed by atoms with Gasteiger partial charge in [-0.15, -0.1) is 0 Å².